The van der Waals surface area contributed by atoms with Crippen molar-refractivity contribution < 1.29 is 23.0 Å². The number of carbonyl (C=O) groups excluding carboxylic acids is 1. The van der Waals surface area contributed by atoms with Crippen LogP contribution in [0.15, 0.2) is 18.2 Å². The SMILES string of the molecule is O=C(NCCOc1ccc(F)cc1F)NCC1CCOC1. The zero-order chi connectivity index (χ0) is 15.1. The predicted molar refractivity (Wildman–Crippen MR) is 72.2 cm³/mol. The molecule has 2 rings (SSSR count). The predicted octanol–water partition coefficient (Wildman–Crippen LogP) is 1.68. The van der Waals surface area contributed by atoms with Gasteiger partial charge in [0.25, 0.3) is 0 Å². The summed E-state index contributed by atoms with van der Waals surface area (Å²) in [5.41, 5.74) is 0. The lowest BCUT2D eigenvalue weighted by atomic mass is 10.1. The van der Waals surface area contributed by atoms with Crippen LogP contribution in [0.3, 0.4) is 0 Å². The van der Waals surface area contributed by atoms with Crippen molar-refractivity contribution in [2.75, 3.05) is 32.9 Å². The Morgan fingerprint density at radius 3 is 2.95 bits per heavy atom. The second-order valence-corrected chi connectivity index (χ2v) is 4.79. The van der Waals surface area contributed by atoms with Gasteiger partial charge in [0.05, 0.1) is 13.2 Å². The maximum atomic E-state index is 13.3. The molecule has 5 nitrogen and oxygen atoms in total. The number of carbonyl (C=O) groups is 1. The second-order valence-electron chi connectivity index (χ2n) is 4.79. The van der Waals surface area contributed by atoms with Gasteiger partial charge in [-0.25, -0.2) is 13.6 Å². The molecule has 2 amide bonds. The van der Waals surface area contributed by atoms with Crippen LogP contribution in [0.1, 0.15) is 6.42 Å². The molecule has 1 atom stereocenters. The van der Waals surface area contributed by atoms with E-state index in [2.05, 4.69) is 10.6 Å². The van der Waals surface area contributed by atoms with E-state index in [1.54, 1.807) is 0 Å². The molecular formula is C14H18F2N2O3. The van der Waals surface area contributed by atoms with E-state index in [0.717, 1.165) is 25.2 Å². The largest absolute Gasteiger partial charge is 0.489 e. The molecule has 116 valence electrons. The standard InChI is InChI=1S/C14H18F2N2O3/c15-11-1-2-13(12(16)7-11)21-6-4-17-14(19)18-8-10-3-5-20-9-10/h1-2,7,10H,3-6,8-9H2,(H2,17,18,19). The second kappa shape index (κ2) is 7.78. The fourth-order valence-electron chi connectivity index (χ4n) is 1.96. The molecule has 21 heavy (non-hydrogen) atoms. The molecule has 1 heterocycles. The minimum atomic E-state index is -0.763. The molecule has 0 bridgehead atoms. The van der Waals surface area contributed by atoms with Crippen LogP contribution >= 0.6 is 0 Å². The number of nitrogens with one attached hydrogen (secondary N) is 2. The summed E-state index contributed by atoms with van der Waals surface area (Å²) < 4.78 is 36.3. The minimum absolute atomic E-state index is 0.0401. The number of ether oxygens (including phenoxy) is 2. The fraction of sp³-hybridized carbons (Fsp3) is 0.500. The molecule has 0 radical (unpaired) electrons. The summed E-state index contributed by atoms with van der Waals surface area (Å²) in [5, 5.41) is 5.33. The van der Waals surface area contributed by atoms with Crippen molar-refractivity contribution in [2.45, 2.75) is 6.42 Å². The summed E-state index contributed by atoms with van der Waals surface area (Å²) in [6.07, 6.45) is 0.952. The molecule has 1 saturated heterocycles. The van der Waals surface area contributed by atoms with Crippen molar-refractivity contribution in [3.63, 3.8) is 0 Å². The summed E-state index contributed by atoms with van der Waals surface area (Å²) in [5.74, 6) is -1.10. The third kappa shape index (κ3) is 5.18. The van der Waals surface area contributed by atoms with Crippen molar-refractivity contribution in [1.82, 2.24) is 10.6 Å². The monoisotopic (exact) mass is 300 g/mol. The Balaban J connectivity index is 1.59. The summed E-state index contributed by atoms with van der Waals surface area (Å²) in [6.45, 7) is 2.31. The van der Waals surface area contributed by atoms with E-state index in [4.69, 9.17) is 9.47 Å². The molecule has 0 saturated carbocycles. The highest BCUT2D eigenvalue weighted by atomic mass is 19.1. The van der Waals surface area contributed by atoms with E-state index >= 15 is 0 Å². The molecule has 7 heteroatoms. The first-order valence-corrected chi connectivity index (χ1v) is 6.82. The van der Waals surface area contributed by atoms with Gasteiger partial charge in [-0.3, -0.25) is 0 Å². The fourth-order valence-corrected chi connectivity index (χ4v) is 1.96. The Hall–Kier alpha value is -1.89. The van der Waals surface area contributed by atoms with Crippen LogP contribution in [-0.4, -0.2) is 38.9 Å². The highest BCUT2D eigenvalue weighted by Crippen LogP contribution is 2.17. The summed E-state index contributed by atoms with van der Waals surface area (Å²) >= 11 is 0. The van der Waals surface area contributed by atoms with Gasteiger partial charge in [0, 0.05) is 25.1 Å². The van der Waals surface area contributed by atoms with E-state index < -0.39 is 11.6 Å². The molecule has 1 fully saturated rings. The van der Waals surface area contributed by atoms with Crippen LogP contribution in [-0.2, 0) is 4.74 Å². The van der Waals surface area contributed by atoms with E-state index in [-0.39, 0.29) is 24.9 Å². The van der Waals surface area contributed by atoms with E-state index in [1.807, 2.05) is 0 Å². The average Bonchev–Trinajstić information content (AvgIpc) is 2.96. The van der Waals surface area contributed by atoms with Crippen molar-refractivity contribution in [3.05, 3.63) is 29.8 Å². The van der Waals surface area contributed by atoms with Gasteiger partial charge in [0.15, 0.2) is 11.6 Å². The zero-order valence-corrected chi connectivity index (χ0v) is 11.5. The lowest BCUT2D eigenvalue weighted by Gasteiger charge is -2.11. The Kier molecular flexibility index (Phi) is 5.74. The maximum Gasteiger partial charge on any atom is 0.314 e. The quantitative estimate of drug-likeness (QED) is 0.786. The third-order valence-corrected chi connectivity index (χ3v) is 3.11. The normalized spacial score (nSPS) is 17.5. The van der Waals surface area contributed by atoms with Crippen LogP contribution in [0.4, 0.5) is 13.6 Å². The van der Waals surface area contributed by atoms with Crippen LogP contribution in [0, 0.1) is 17.6 Å². The van der Waals surface area contributed by atoms with Gasteiger partial charge in [-0.15, -0.1) is 0 Å². The van der Waals surface area contributed by atoms with Crippen LogP contribution in [0.2, 0.25) is 0 Å². The number of amides is 2. The molecule has 0 spiro atoms. The molecular weight excluding hydrogens is 282 g/mol. The van der Waals surface area contributed by atoms with Gasteiger partial charge >= 0.3 is 6.03 Å². The van der Waals surface area contributed by atoms with Crippen molar-refractivity contribution in [3.8, 4) is 5.75 Å². The summed E-state index contributed by atoms with van der Waals surface area (Å²) in [7, 11) is 0. The molecule has 1 unspecified atom stereocenters. The zero-order valence-electron chi connectivity index (χ0n) is 11.5. The summed E-state index contributed by atoms with van der Waals surface area (Å²) in [4.78, 5) is 11.5. The number of rotatable bonds is 6. The smallest absolute Gasteiger partial charge is 0.314 e. The number of hydrogen-bond acceptors (Lipinski definition) is 3. The van der Waals surface area contributed by atoms with E-state index in [1.165, 1.54) is 6.07 Å². The molecule has 1 aliphatic heterocycles. The van der Waals surface area contributed by atoms with E-state index in [0.29, 0.717) is 19.1 Å². The van der Waals surface area contributed by atoms with Crippen LogP contribution in [0.5, 0.6) is 5.75 Å². The number of halogens is 2. The van der Waals surface area contributed by atoms with E-state index in [9.17, 15) is 13.6 Å². The van der Waals surface area contributed by atoms with Gasteiger partial charge in [-0.2, -0.15) is 0 Å². The Morgan fingerprint density at radius 2 is 2.24 bits per heavy atom. The van der Waals surface area contributed by atoms with Gasteiger partial charge < -0.3 is 20.1 Å². The number of benzene rings is 1. The van der Waals surface area contributed by atoms with Crippen LogP contribution in [0.25, 0.3) is 0 Å². The van der Waals surface area contributed by atoms with Gasteiger partial charge in [0.1, 0.15) is 12.4 Å². The molecule has 0 aliphatic carbocycles. The lowest BCUT2D eigenvalue weighted by molar-refractivity contribution is 0.185. The van der Waals surface area contributed by atoms with Gasteiger partial charge in [-0.05, 0) is 18.6 Å². The summed E-state index contributed by atoms with van der Waals surface area (Å²) in [6, 6.07) is 2.77. The molecule has 1 aliphatic rings. The first kappa shape index (κ1) is 15.5. The maximum absolute atomic E-state index is 13.3. The van der Waals surface area contributed by atoms with Gasteiger partial charge in [0.2, 0.25) is 0 Å². The third-order valence-electron chi connectivity index (χ3n) is 3.11. The minimum Gasteiger partial charge on any atom is -0.489 e. The number of hydrogen-bond donors (Lipinski definition) is 2. The average molecular weight is 300 g/mol. The topological polar surface area (TPSA) is 59.6 Å². The van der Waals surface area contributed by atoms with Crippen molar-refractivity contribution in [1.29, 1.82) is 0 Å². The molecule has 1 aromatic rings. The van der Waals surface area contributed by atoms with Crippen LogP contribution < -0.4 is 15.4 Å². The highest BCUT2D eigenvalue weighted by molar-refractivity contribution is 5.73. The highest BCUT2D eigenvalue weighted by Gasteiger charge is 2.16. The molecule has 0 aromatic heterocycles. The lowest BCUT2D eigenvalue weighted by Crippen LogP contribution is -2.40. The Labute approximate surface area is 121 Å². The first-order chi connectivity index (χ1) is 10.1. The first-order valence-electron chi connectivity index (χ1n) is 6.82. The Bertz CT molecular complexity index is 479. The molecule has 1 aromatic carbocycles. The van der Waals surface area contributed by atoms with Gasteiger partial charge in [-0.1, -0.05) is 0 Å². The molecule has 2 N–H and O–H groups in total. The Morgan fingerprint density at radius 1 is 1.38 bits per heavy atom. The van der Waals surface area contributed by atoms with Crippen molar-refractivity contribution in [2.24, 2.45) is 5.92 Å². The van der Waals surface area contributed by atoms with Crippen molar-refractivity contribution >= 4 is 6.03 Å². The number of urea groups is 1.